The molecule has 0 spiro atoms. The van der Waals surface area contributed by atoms with E-state index in [9.17, 15) is 5.21 Å². The molecular weight excluding hydrogens is 330 g/mol. The van der Waals surface area contributed by atoms with Gasteiger partial charge in [-0.15, -0.1) is 6.58 Å². The molecule has 0 heterocycles. The maximum Gasteiger partial charge on any atom is 0.0795 e. The quantitative estimate of drug-likeness (QED) is 0.309. The summed E-state index contributed by atoms with van der Waals surface area (Å²) in [6, 6.07) is 0. The summed E-state index contributed by atoms with van der Waals surface area (Å²) in [6.45, 7) is 12.7. The lowest BCUT2D eigenvalue weighted by atomic mass is 9.47. The third kappa shape index (κ3) is 3.42. The molecule has 2 heteroatoms. The normalized spacial score (nSPS) is 44.3. The molecule has 2 nitrogen and oxygen atoms in total. The van der Waals surface area contributed by atoms with Gasteiger partial charge in [0.25, 0.3) is 0 Å². The van der Waals surface area contributed by atoms with Gasteiger partial charge in [-0.25, -0.2) is 0 Å². The van der Waals surface area contributed by atoms with E-state index in [1.165, 1.54) is 51.4 Å². The Morgan fingerprint density at radius 1 is 1.26 bits per heavy atom. The van der Waals surface area contributed by atoms with E-state index >= 15 is 0 Å². The Kier molecular flexibility index (Phi) is 6.54. The molecule has 4 aliphatic carbocycles. The Morgan fingerprint density at radius 2 is 2.00 bits per heavy atom. The van der Waals surface area contributed by atoms with Crippen LogP contribution in [0.2, 0.25) is 0 Å². The summed E-state index contributed by atoms with van der Waals surface area (Å²) in [5.41, 5.74) is 3.20. The van der Waals surface area contributed by atoms with Crippen LogP contribution in [-0.2, 0) is 0 Å². The summed E-state index contributed by atoms with van der Waals surface area (Å²) < 4.78 is 0. The standard InChI is InChI=1S/C22H35NO.C3H6/c1-4-15-12-16-13-17(23-24)7-8-18(16)19-10-11-22(5-2)14(3)6-9-20(22)21(15)19;1-3-2/h13-15,18-21,24H,4-12H2,1-3H3;3H,1H2,2H3/b23-17+;. The second-order valence-electron chi connectivity index (χ2n) is 9.69. The fourth-order valence-electron chi connectivity index (χ4n) is 7.75. The van der Waals surface area contributed by atoms with Gasteiger partial charge in [0.2, 0.25) is 0 Å². The zero-order valence-electron chi connectivity index (χ0n) is 18.1. The summed E-state index contributed by atoms with van der Waals surface area (Å²) in [5, 5.41) is 12.7. The molecule has 0 aliphatic heterocycles. The Balaban J connectivity index is 0.000000659. The van der Waals surface area contributed by atoms with Crippen LogP contribution in [0.5, 0.6) is 0 Å². The number of hydrogen-bond acceptors (Lipinski definition) is 2. The minimum absolute atomic E-state index is 0.655. The number of allylic oxidation sites excluding steroid dienone is 3. The molecule has 3 saturated carbocycles. The van der Waals surface area contributed by atoms with Crippen molar-refractivity contribution in [3.8, 4) is 0 Å². The minimum Gasteiger partial charge on any atom is -0.411 e. The van der Waals surface area contributed by atoms with Crippen LogP contribution in [-0.4, -0.2) is 10.9 Å². The third-order valence-corrected chi connectivity index (χ3v) is 8.94. The first-order valence-corrected chi connectivity index (χ1v) is 11.5. The topological polar surface area (TPSA) is 32.6 Å². The van der Waals surface area contributed by atoms with Crippen molar-refractivity contribution in [3.05, 3.63) is 24.3 Å². The number of oxime groups is 1. The number of hydrogen-bond donors (Lipinski definition) is 1. The lowest BCUT2D eigenvalue weighted by Gasteiger charge is -2.57. The summed E-state index contributed by atoms with van der Waals surface area (Å²) in [5.74, 6) is 5.43. The highest BCUT2D eigenvalue weighted by Gasteiger charge is 2.58. The largest absolute Gasteiger partial charge is 0.411 e. The maximum atomic E-state index is 9.20. The number of nitrogens with zero attached hydrogens (tertiary/aromatic N) is 1. The SMILES string of the molecule is C=CC.CCC1CC2=C/C(=N/O)CCC2C2CCC3(CC)C(C)CCC3C12. The molecule has 0 amide bonds. The first-order valence-electron chi connectivity index (χ1n) is 11.5. The van der Waals surface area contributed by atoms with Crippen LogP contribution in [0.3, 0.4) is 0 Å². The molecule has 3 fully saturated rings. The Hall–Kier alpha value is -1.05. The smallest absolute Gasteiger partial charge is 0.0795 e. The molecular formula is C25H41NO. The third-order valence-electron chi connectivity index (χ3n) is 8.94. The zero-order chi connectivity index (χ0) is 19.6. The van der Waals surface area contributed by atoms with Gasteiger partial charge in [-0.3, -0.25) is 0 Å². The average molecular weight is 372 g/mol. The van der Waals surface area contributed by atoms with E-state index in [-0.39, 0.29) is 0 Å². The minimum atomic E-state index is 0.655. The van der Waals surface area contributed by atoms with Gasteiger partial charge in [0.15, 0.2) is 0 Å². The van der Waals surface area contributed by atoms with Crippen molar-refractivity contribution in [1.29, 1.82) is 0 Å². The molecule has 27 heavy (non-hydrogen) atoms. The molecule has 0 bridgehead atoms. The van der Waals surface area contributed by atoms with Crippen molar-refractivity contribution in [2.75, 3.05) is 0 Å². The fraction of sp³-hybridized carbons (Fsp3) is 0.800. The second kappa shape index (κ2) is 8.53. The van der Waals surface area contributed by atoms with E-state index in [2.05, 4.69) is 38.6 Å². The van der Waals surface area contributed by atoms with Crippen molar-refractivity contribution in [1.82, 2.24) is 0 Å². The molecule has 4 aliphatic rings. The van der Waals surface area contributed by atoms with E-state index in [0.29, 0.717) is 5.41 Å². The van der Waals surface area contributed by atoms with Crippen molar-refractivity contribution < 1.29 is 5.21 Å². The predicted molar refractivity (Wildman–Crippen MR) is 115 cm³/mol. The lowest BCUT2D eigenvalue weighted by molar-refractivity contribution is -0.0587. The Morgan fingerprint density at radius 3 is 2.63 bits per heavy atom. The predicted octanol–water partition coefficient (Wildman–Crippen LogP) is 7.24. The van der Waals surface area contributed by atoms with Gasteiger partial charge in [-0.1, -0.05) is 44.0 Å². The molecule has 0 aromatic carbocycles. The van der Waals surface area contributed by atoms with Crippen molar-refractivity contribution in [3.63, 3.8) is 0 Å². The van der Waals surface area contributed by atoms with Gasteiger partial charge in [-0.2, -0.15) is 0 Å². The van der Waals surface area contributed by atoms with Gasteiger partial charge < -0.3 is 5.21 Å². The highest BCUT2D eigenvalue weighted by atomic mass is 16.4. The van der Waals surface area contributed by atoms with Crippen LogP contribution in [0.25, 0.3) is 0 Å². The van der Waals surface area contributed by atoms with Gasteiger partial charge in [0.1, 0.15) is 0 Å². The van der Waals surface area contributed by atoms with E-state index in [1.807, 2.05) is 6.92 Å². The Bertz CT molecular complexity index is 591. The first kappa shape index (κ1) is 20.7. The van der Waals surface area contributed by atoms with Crippen LogP contribution in [0.15, 0.2) is 29.5 Å². The van der Waals surface area contributed by atoms with E-state index < -0.39 is 0 Å². The van der Waals surface area contributed by atoms with Crippen molar-refractivity contribution >= 4 is 5.71 Å². The Labute approximate surface area is 167 Å². The summed E-state index contributed by atoms with van der Waals surface area (Å²) in [6.07, 6.45) is 16.1. The second-order valence-corrected chi connectivity index (χ2v) is 9.69. The fourth-order valence-corrected chi connectivity index (χ4v) is 7.75. The zero-order valence-corrected chi connectivity index (χ0v) is 18.1. The number of rotatable bonds is 2. The molecule has 1 N–H and O–H groups in total. The summed E-state index contributed by atoms with van der Waals surface area (Å²) in [4.78, 5) is 0. The molecule has 7 atom stereocenters. The maximum absolute atomic E-state index is 9.20. The highest BCUT2D eigenvalue weighted by molar-refractivity contribution is 5.96. The van der Waals surface area contributed by atoms with Crippen LogP contribution in [0.1, 0.15) is 85.5 Å². The van der Waals surface area contributed by atoms with Crippen molar-refractivity contribution in [2.45, 2.75) is 85.5 Å². The lowest BCUT2D eigenvalue weighted by Crippen LogP contribution is -2.50. The van der Waals surface area contributed by atoms with Crippen LogP contribution >= 0.6 is 0 Å². The van der Waals surface area contributed by atoms with Gasteiger partial charge in [0.05, 0.1) is 5.71 Å². The van der Waals surface area contributed by atoms with E-state index in [0.717, 1.165) is 47.6 Å². The molecule has 0 radical (unpaired) electrons. The first-order chi connectivity index (χ1) is 13.1. The molecule has 0 aromatic heterocycles. The summed E-state index contributed by atoms with van der Waals surface area (Å²) in [7, 11) is 0. The van der Waals surface area contributed by atoms with Crippen LogP contribution in [0, 0.1) is 40.9 Å². The molecule has 0 saturated heterocycles. The van der Waals surface area contributed by atoms with Gasteiger partial charge in [0, 0.05) is 0 Å². The van der Waals surface area contributed by atoms with Crippen molar-refractivity contribution in [2.24, 2.45) is 46.1 Å². The molecule has 4 rings (SSSR count). The monoisotopic (exact) mass is 371 g/mol. The molecule has 7 unspecified atom stereocenters. The highest BCUT2D eigenvalue weighted by Crippen LogP contribution is 2.66. The number of fused-ring (bicyclic) bond motifs is 5. The van der Waals surface area contributed by atoms with Crippen LogP contribution < -0.4 is 0 Å². The van der Waals surface area contributed by atoms with E-state index in [4.69, 9.17) is 0 Å². The van der Waals surface area contributed by atoms with Gasteiger partial charge in [-0.05, 0) is 105 Å². The molecule has 0 aromatic rings. The van der Waals surface area contributed by atoms with E-state index in [1.54, 1.807) is 11.6 Å². The average Bonchev–Trinajstić information content (AvgIpc) is 3.04. The van der Waals surface area contributed by atoms with Gasteiger partial charge >= 0.3 is 0 Å². The molecule has 152 valence electrons. The summed E-state index contributed by atoms with van der Waals surface area (Å²) >= 11 is 0. The van der Waals surface area contributed by atoms with Crippen LogP contribution in [0.4, 0.5) is 0 Å².